The minimum atomic E-state index is 0.190. The number of amides is 1. The Balaban J connectivity index is 2.07. The first-order valence-corrected chi connectivity index (χ1v) is 8.00. The first-order valence-electron chi connectivity index (χ1n) is 8.00. The van der Waals surface area contributed by atoms with Gasteiger partial charge in [-0.05, 0) is 37.1 Å². The molecule has 0 saturated heterocycles. The highest BCUT2D eigenvalue weighted by Crippen LogP contribution is 2.26. The zero-order chi connectivity index (χ0) is 14.1. The van der Waals surface area contributed by atoms with Crippen LogP contribution in [0.15, 0.2) is 0 Å². The van der Waals surface area contributed by atoms with Crippen molar-refractivity contribution in [3.8, 4) is 0 Å². The molecular weight excluding hydrogens is 236 g/mol. The van der Waals surface area contributed by atoms with Crippen molar-refractivity contribution in [1.82, 2.24) is 5.32 Å². The lowest BCUT2D eigenvalue weighted by molar-refractivity contribution is -0.121. The van der Waals surface area contributed by atoms with Crippen LogP contribution in [0, 0.1) is 11.3 Å². The second kappa shape index (κ2) is 8.57. The van der Waals surface area contributed by atoms with E-state index in [2.05, 4.69) is 19.2 Å². The molecule has 0 spiro atoms. The Morgan fingerprint density at radius 2 is 1.89 bits per heavy atom. The molecule has 0 aromatic carbocycles. The highest BCUT2D eigenvalue weighted by atomic mass is 16.1. The van der Waals surface area contributed by atoms with Crippen LogP contribution in [0.5, 0.6) is 0 Å². The first kappa shape index (κ1) is 16.5. The Kier molecular flexibility index (Phi) is 7.44. The van der Waals surface area contributed by atoms with E-state index in [1.54, 1.807) is 0 Å². The summed E-state index contributed by atoms with van der Waals surface area (Å²) in [5.41, 5.74) is 5.77. The molecule has 0 bridgehead atoms. The predicted octanol–water partition coefficient (Wildman–Crippen LogP) is 3.23. The number of carbonyl (C=O) groups is 1. The lowest BCUT2D eigenvalue weighted by atomic mass is 9.84. The van der Waals surface area contributed by atoms with Gasteiger partial charge in [-0.25, -0.2) is 0 Å². The van der Waals surface area contributed by atoms with Gasteiger partial charge in [0.2, 0.25) is 5.91 Å². The largest absolute Gasteiger partial charge is 0.356 e. The second-order valence-corrected chi connectivity index (χ2v) is 6.85. The lowest BCUT2D eigenvalue weighted by Gasteiger charge is -2.24. The molecule has 3 N–H and O–H groups in total. The normalized spacial score (nSPS) is 17.4. The summed E-state index contributed by atoms with van der Waals surface area (Å²) in [4.78, 5) is 11.8. The molecule has 1 saturated carbocycles. The van der Waals surface area contributed by atoms with Crippen LogP contribution in [-0.4, -0.2) is 19.0 Å². The monoisotopic (exact) mass is 268 g/mol. The molecule has 3 nitrogen and oxygen atoms in total. The van der Waals surface area contributed by atoms with Gasteiger partial charge in [0.15, 0.2) is 0 Å². The summed E-state index contributed by atoms with van der Waals surface area (Å²) in [7, 11) is 0. The Morgan fingerprint density at radius 3 is 2.53 bits per heavy atom. The third kappa shape index (κ3) is 7.56. The molecule has 1 amide bonds. The van der Waals surface area contributed by atoms with Crippen molar-refractivity contribution in [2.24, 2.45) is 17.1 Å². The Hall–Kier alpha value is -0.570. The number of hydrogen-bond donors (Lipinski definition) is 2. The smallest absolute Gasteiger partial charge is 0.220 e. The van der Waals surface area contributed by atoms with E-state index in [-0.39, 0.29) is 11.3 Å². The molecule has 1 fully saturated rings. The van der Waals surface area contributed by atoms with Crippen molar-refractivity contribution in [1.29, 1.82) is 0 Å². The minimum Gasteiger partial charge on any atom is -0.356 e. The number of hydrogen-bond acceptors (Lipinski definition) is 2. The molecule has 0 heterocycles. The van der Waals surface area contributed by atoms with Gasteiger partial charge in [-0.15, -0.1) is 0 Å². The summed E-state index contributed by atoms with van der Waals surface area (Å²) in [5.74, 6) is 1.06. The van der Waals surface area contributed by atoms with E-state index in [1.165, 1.54) is 32.1 Å². The van der Waals surface area contributed by atoms with Crippen molar-refractivity contribution >= 4 is 5.91 Å². The average molecular weight is 268 g/mol. The Morgan fingerprint density at radius 1 is 1.21 bits per heavy atom. The predicted molar refractivity (Wildman–Crippen MR) is 80.9 cm³/mol. The maximum Gasteiger partial charge on any atom is 0.220 e. The van der Waals surface area contributed by atoms with E-state index in [0.717, 1.165) is 31.7 Å². The van der Waals surface area contributed by atoms with Crippen LogP contribution in [0.2, 0.25) is 0 Å². The van der Waals surface area contributed by atoms with Gasteiger partial charge < -0.3 is 11.1 Å². The molecule has 112 valence electrons. The molecule has 0 aromatic rings. The molecule has 1 aliphatic carbocycles. The van der Waals surface area contributed by atoms with Crippen molar-refractivity contribution in [2.75, 3.05) is 13.1 Å². The fraction of sp³-hybridized carbons (Fsp3) is 0.938. The lowest BCUT2D eigenvalue weighted by Crippen LogP contribution is -2.28. The molecule has 0 aromatic heterocycles. The van der Waals surface area contributed by atoms with Crippen molar-refractivity contribution in [3.63, 3.8) is 0 Å². The third-order valence-corrected chi connectivity index (χ3v) is 4.45. The van der Waals surface area contributed by atoms with Gasteiger partial charge in [0.05, 0.1) is 0 Å². The maximum atomic E-state index is 11.8. The van der Waals surface area contributed by atoms with Crippen molar-refractivity contribution in [2.45, 2.75) is 71.6 Å². The molecule has 0 unspecified atom stereocenters. The number of nitrogens with two attached hydrogens (primary N) is 1. The van der Waals surface area contributed by atoms with Crippen LogP contribution in [0.25, 0.3) is 0 Å². The van der Waals surface area contributed by atoms with Gasteiger partial charge in [0.1, 0.15) is 0 Å². The van der Waals surface area contributed by atoms with Gasteiger partial charge in [-0.2, -0.15) is 0 Å². The number of carbonyl (C=O) groups excluding carboxylic acids is 1. The standard InChI is InChI=1S/C16H32N2O/c1-16(2,11-12-17)10-8-15(19)18-13-9-14-6-4-3-5-7-14/h14H,3-13,17H2,1-2H3,(H,18,19). The molecule has 1 rings (SSSR count). The quantitative estimate of drug-likeness (QED) is 0.710. The van der Waals surface area contributed by atoms with Crippen LogP contribution >= 0.6 is 0 Å². The minimum absolute atomic E-state index is 0.190. The van der Waals surface area contributed by atoms with E-state index in [0.29, 0.717) is 13.0 Å². The van der Waals surface area contributed by atoms with Gasteiger partial charge in [0, 0.05) is 13.0 Å². The van der Waals surface area contributed by atoms with Gasteiger partial charge in [-0.1, -0.05) is 46.0 Å². The average Bonchev–Trinajstić information content (AvgIpc) is 2.38. The summed E-state index contributed by atoms with van der Waals surface area (Å²) in [6.45, 7) is 5.95. The summed E-state index contributed by atoms with van der Waals surface area (Å²) in [6, 6.07) is 0. The number of nitrogens with one attached hydrogen (secondary N) is 1. The topological polar surface area (TPSA) is 55.1 Å². The van der Waals surface area contributed by atoms with E-state index < -0.39 is 0 Å². The molecule has 1 aliphatic rings. The van der Waals surface area contributed by atoms with Crippen LogP contribution in [0.4, 0.5) is 0 Å². The molecule has 0 atom stereocenters. The molecular formula is C16H32N2O. The third-order valence-electron chi connectivity index (χ3n) is 4.45. The van der Waals surface area contributed by atoms with Gasteiger partial charge >= 0.3 is 0 Å². The van der Waals surface area contributed by atoms with Gasteiger partial charge in [0.25, 0.3) is 0 Å². The van der Waals surface area contributed by atoms with Crippen LogP contribution in [0.1, 0.15) is 71.6 Å². The molecule has 0 radical (unpaired) electrons. The van der Waals surface area contributed by atoms with E-state index in [4.69, 9.17) is 5.73 Å². The molecule has 0 aliphatic heterocycles. The Bertz CT molecular complexity index is 257. The highest BCUT2D eigenvalue weighted by molar-refractivity contribution is 5.75. The zero-order valence-corrected chi connectivity index (χ0v) is 12.8. The fourth-order valence-electron chi connectivity index (χ4n) is 2.95. The van der Waals surface area contributed by atoms with Crippen molar-refractivity contribution < 1.29 is 4.79 Å². The summed E-state index contributed by atoms with van der Waals surface area (Å²) in [6.07, 6.45) is 10.6. The van der Waals surface area contributed by atoms with Crippen LogP contribution in [-0.2, 0) is 4.79 Å². The Labute approximate surface area is 118 Å². The van der Waals surface area contributed by atoms with E-state index in [1.807, 2.05) is 0 Å². The molecule has 19 heavy (non-hydrogen) atoms. The van der Waals surface area contributed by atoms with Crippen LogP contribution in [0.3, 0.4) is 0 Å². The number of rotatable bonds is 8. The maximum absolute atomic E-state index is 11.8. The van der Waals surface area contributed by atoms with Crippen molar-refractivity contribution in [3.05, 3.63) is 0 Å². The summed E-state index contributed by atoms with van der Waals surface area (Å²) in [5, 5.41) is 3.07. The first-order chi connectivity index (χ1) is 9.03. The van der Waals surface area contributed by atoms with Gasteiger partial charge in [-0.3, -0.25) is 4.79 Å². The second-order valence-electron chi connectivity index (χ2n) is 6.85. The SMILES string of the molecule is CC(C)(CCN)CCC(=O)NCCC1CCCCC1. The summed E-state index contributed by atoms with van der Waals surface area (Å²) < 4.78 is 0. The van der Waals surface area contributed by atoms with E-state index in [9.17, 15) is 4.79 Å². The fourth-order valence-corrected chi connectivity index (χ4v) is 2.95. The highest BCUT2D eigenvalue weighted by Gasteiger charge is 2.18. The van der Waals surface area contributed by atoms with E-state index >= 15 is 0 Å². The molecule has 3 heteroatoms. The zero-order valence-electron chi connectivity index (χ0n) is 12.8. The van der Waals surface area contributed by atoms with Crippen LogP contribution < -0.4 is 11.1 Å². The summed E-state index contributed by atoms with van der Waals surface area (Å²) >= 11 is 0.